The van der Waals surface area contributed by atoms with Crippen LogP contribution >= 0.6 is 0 Å². The van der Waals surface area contributed by atoms with Crippen LogP contribution in [0.25, 0.3) is 22.0 Å². The Morgan fingerprint density at radius 3 is 2.26 bits per heavy atom. The average Bonchev–Trinajstić information content (AvgIpc) is 3.29. The molecule has 5 rings (SSSR count). The molecule has 0 saturated carbocycles. The Kier molecular flexibility index (Phi) is 5.85. The van der Waals surface area contributed by atoms with Crippen molar-refractivity contribution in [1.82, 2.24) is 19.7 Å². The van der Waals surface area contributed by atoms with Crippen molar-refractivity contribution in [3.05, 3.63) is 66.1 Å². The van der Waals surface area contributed by atoms with Crippen LogP contribution in [0.4, 0.5) is 5.95 Å². The SMILES string of the molecule is CCc1cnc(N2CCC(n3ncc4c(C)c(-c5ccc(S(C)(=O)=O)cc5)ccc43)CC2)nc1. The Hall–Kier alpha value is -3.26. The van der Waals surface area contributed by atoms with Gasteiger partial charge in [-0.2, -0.15) is 5.10 Å². The molecule has 176 valence electrons. The van der Waals surface area contributed by atoms with Crippen LogP contribution in [0.3, 0.4) is 0 Å². The van der Waals surface area contributed by atoms with Gasteiger partial charge in [0.1, 0.15) is 0 Å². The quantitative estimate of drug-likeness (QED) is 0.419. The fourth-order valence-corrected chi connectivity index (χ4v) is 5.38. The molecule has 0 amide bonds. The van der Waals surface area contributed by atoms with Crippen LogP contribution < -0.4 is 4.90 Å². The van der Waals surface area contributed by atoms with Crippen molar-refractivity contribution in [2.45, 2.75) is 44.0 Å². The van der Waals surface area contributed by atoms with Crippen molar-refractivity contribution in [2.75, 3.05) is 24.2 Å². The van der Waals surface area contributed by atoms with Gasteiger partial charge in [0, 0.05) is 37.1 Å². The number of piperidine rings is 1. The normalized spacial score (nSPS) is 15.2. The molecule has 0 radical (unpaired) electrons. The first-order valence-corrected chi connectivity index (χ1v) is 13.6. The zero-order valence-corrected chi connectivity index (χ0v) is 20.6. The van der Waals surface area contributed by atoms with Gasteiger partial charge < -0.3 is 4.90 Å². The molecule has 8 heteroatoms. The second kappa shape index (κ2) is 8.83. The molecule has 2 aromatic heterocycles. The summed E-state index contributed by atoms with van der Waals surface area (Å²) in [5.41, 5.74) is 5.54. The van der Waals surface area contributed by atoms with Crippen molar-refractivity contribution in [2.24, 2.45) is 0 Å². The van der Waals surface area contributed by atoms with E-state index < -0.39 is 9.84 Å². The second-order valence-corrected chi connectivity index (χ2v) is 11.0. The van der Waals surface area contributed by atoms with Crippen molar-refractivity contribution in [3.63, 3.8) is 0 Å². The van der Waals surface area contributed by atoms with Crippen LogP contribution in [0, 0.1) is 6.92 Å². The monoisotopic (exact) mass is 475 g/mol. The molecule has 1 aliphatic heterocycles. The van der Waals surface area contributed by atoms with Gasteiger partial charge >= 0.3 is 0 Å². The molecule has 1 fully saturated rings. The molecule has 0 N–H and O–H groups in total. The third kappa shape index (κ3) is 4.18. The molecule has 2 aromatic carbocycles. The number of nitrogens with zero attached hydrogens (tertiary/aromatic N) is 5. The van der Waals surface area contributed by atoms with Crippen LogP contribution in [0.2, 0.25) is 0 Å². The highest BCUT2D eigenvalue weighted by atomic mass is 32.2. The summed E-state index contributed by atoms with van der Waals surface area (Å²) in [4.78, 5) is 11.7. The molecule has 0 spiro atoms. The molecule has 1 aliphatic rings. The molecule has 4 aromatic rings. The van der Waals surface area contributed by atoms with Crippen LogP contribution in [-0.2, 0) is 16.3 Å². The first-order valence-electron chi connectivity index (χ1n) is 11.7. The number of benzene rings is 2. The van der Waals surface area contributed by atoms with E-state index in [1.54, 1.807) is 12.1 Å². The summed E-state index contributed by atoms with van der Waals surface area (Å²) in [6, 6.07) is 11.7. The van der Waals surface area contributed by atoms with E-state index in [4.69, 9.17) is 5.10 Å². The number of hydrogen-bond acceptors (Lipinski definition) is 6. The first-order chi connectivity index (χ1) is 16.3. The second-order valence-electron chi connectivity index (χ2n) is 9.02. The number of sulfone groups is 1. The number of aromatic nitrogens is 4. The van der Waals surface area contributed by atoms with Gasteiger partial charge in [-0.25, -0.2) is 18.4 Å². The summed E-state index contributed by atoms with van der Waals surface area (Å²) in [5, 5.41) is 5.90. The van der Waals surface area contributed by atoms with E-state index in [2.05, 4.69) is 45.5 Å². The number of hydrogen-bond donors (Lipinski definition) is 0. The van der Waals surface area contributed by atoms with E-state index in [0.29, 0.717) is 10.9 Å². The molecule has 0 bridgehead atoms. The predicted octanol–water partition coefficient (Wildman–Crippen LogP) is 4.61. The molecule has 0 aliphatic carbocycles. The van der Waals surface area contributed by atoms with E-state index in [1.807, 2.05) is 30.7 Å². The van der Waals surface area contributed by atoms with Crippen LogP contribution in [0.15, 0.2) is 59.9 Å². The first kappa shape index (κ1) is 22.5. The summed E-state index contributed by atoms with van der Waals surface area (Å²) < 4.78 is 25.7. The summed E-state index contributed by atoms with van der Waals surface area (Å²) in [5.74, 6) is 0.809. The maximum atomic E-state index is 11.8. The molecule has 0 unspecified atom stereocenters. The third-order valence-corrected chi connectivity index (χ3v) is 7.96. The lowest BCUT2D eigenvalue weighted by molar-refractivity contribution is 0.374. The number of rotatable bonds is 5. The molecule has 7 nitrogen and oxygen atoms in total. The summed E-state index contributed by atoms with van der Waals surface area (Å²) in [6.07, 6.45) is 9.95. The zero-order valence-electron chi connectivity index (χ0n) is 19.8. The highest BCUT2D eigenvalue weighted by Crippen LogP contribution is 2.33. The molecule has 0 atom stereocenters. The van der Waals surface area contributed by atoms with Crippen LogP contribution in [0.1, 0.15) is 36.9 Å². The molecule has 34 heavy (non-hydrogen) atoms. The van der Waals surface area contributed by atoms with E-state index in [0.717, 1.165) is 71.5 Å². The van der Waals surface area contributed by atoms with Gasteiger partial charge in [-0.15, -0.1) is 0 Å². The highest BCUT2D eigenvalue weighted by molar-refractivity contribution is 7.90. The van der Waals surface area contributed by atoms with E-state index >= 15 is 0 Å². The lowest BCUT2D eigenvalue weighted by Gasteiger charge is -2.32. The zero-order chi connectivity index (χ0) is 23.9. The maximum Gasteiger partial charge on any atom is 0.225 e. The van der Waals surface area contributed by atoms with Gasteiger partial charge in [0.2, 0.25) is 5.95 Å². The summed E-state index contributed by atoms with van der Waals surface area (Å²) in [6.45, 7) is 6.02. The smallest absolute Gasteiger partial charge is 0.225 e. The number of anilines is 1. The largest absolute Gasteiger partial charge is 0.341 e. The summed E-state index contributed by atoms with van der Waals surface area (Å²) in [7, 11) is -3.21. The van der Waals surface area contributed by atoms with Gasteiger partial charge in [-0.3, -0.25) is 4.68 Å². The number of aryl methyl sites for hydroxylation is 2. The Morgan fingerprint density at radius 1 is 0.971 bits per heavy atom. The highest BCUT2D eigenvalue weighted by Gasteiger charge is 2.24. The van der Waals surface area contributed by atoms with Crippen molar-refractivity contribution < 1.29 is 8.42 Å². The lowest BCUT2D eigenvalue weighted by Crippen LogP contribution is -2.36. The van der Waals surface area contributed by atoms with Gasteiger partial charge in [-0.05, 0) is 66.6 Å². The van der Waals surface area contributed by atoms with Crippen molar-refractivity contribution in [1.29, 1.82) is 0 Å². The Bertz CT molecular complexity index is 1420. The Balaban J connectivity index is 1.36. The van der Waals surface area contributed by atoms with E-state index in [-0.39, 0.29) is 0 Å². The molecular weight excluding hydrogens is 446 g/mol. The lowest BCUT2D eigenvalue weighted by atomic mass is 9.97. The van der Waals surface area contributed by atoms with E-state index in [1.165, 1.54) is 6.26 Å². The third-order valence-electron chi connectivity index (χ3n) is 6.84. The molecule has 3 heterocycles. The number of fused-ring (bicyclic) bond motifs is 1. The van der Waals surface area contributed by atoms with Gasteiger partial charge in [0.05, 0.1) is 22.7 Å². The van der Waals surface area contributed by atoms with E-state index in [9.17, 15) is 8.42 Å². The minimum absolute atomic E-state index is 0.334. The van der Waals surface area contributed by atoms with Crippen LogP contribution in [-0.4, -0.2) is 47.5 Å². The predicted molar refractivity (Wildman–Crippen MR) is 135 cm³/mol. The molecular formula is C26H29N5O2S. The average molecular weight is 476 g/mol. The van der Waals surface area contributed by atoms with Gasteiger partial charge in [-0.1, -0.05) is 25.1 Å². The standard InChI is InChI=1S/C26H29N5O2S/c1-4-19-15-27-26(28-16-19)30-13-11-21(12-14-30)31-25-10-9-23(18(2)24(25)17-29-31)20-5-7-22(8-6-20)34(3,32)33/h5-10,15-17,21H,4,11-14H2,1-3H3. The van der Waals surface area contributed by atoms with Crippen LogP contribution in [0.5, 0.6) is 0 Å². The van der Waals surface area contributed by atoms with Crippen molar-refractivity contribution in [3.8, 4) is 11.1 Å². The minimum atomic E-state index is -3.21. The van der Waals surface area contributed by atoms with Crippen molar-refractivity contribution >= 4 is 26.7 Å². The van der Waals surface area contributed by atoms with Gasteiger partial charge in [0.15, 0.2) is 9.84 Å². The topological polar surface area (TPSA) is 81.0 Å². The van der Waals surface area contributed by atoms with Gasteiger partial charge in [0.25, 0.3) is 0 Å². The Labute approximate surface area is 200 Å². The maximum absolute atomic E-state index is 11.8. The summed E-state index contributed by atoms with van der Waals surface area (Å²) >= 11 is 0. The fourth-order valence-electron chi connectivity index (χ4n) is 4.75. The minimum Gasteiger partial charge on any atom is -0.341 e. The fraction of sp³-hybridized carbons (Fsp3) is 0.346. The Morgan fingerprint density at radius 2 is 1.65 bits per heavy atom. The molecule has 1 saturated heterocycles.